The lowest BCUT2D eigenvalue weighted by Crippen LogP contribution is -2.06. The first-order valence-electron chi connectivity index (χ1n) is 6.64. The maximum atomic E-state index is 11.1. The second-order valence-corrected chi connectivity index (χ2v) is 4.84. The Morgan fingerprint density at radius 2 is 1.91 bits per heavy atom. The molecule has 2 heterocycles. The van der Waals surface area contributed by atoms with Crippen LogP contribution in [0.25, 0.3) is 16.6 Å². The molecule has 0 aliphatic heterocycles. The first-order chi connectivity index (χ1) is 10.5. The number of nitrogens with one attached hydrogen (secondary N) is 1. The van der Waals surface area contributed by atoms with E-state index in [9.17, 15) is 9.59 Å². The summed E-state index contributed by atoms with van der Waals surface area (Å²) in [6.07, 6.45) is 1.79. The number of carboxylic acid groups (broad SMARTS) is 1. The highest BCUT2D eigenvalue weighted by Gasteiger charge is 2.09. The molecule has 22 heavy (non-hydrogen) atoms. The fourth-order valence-corrected chi connectivity index (χ4v) is 2.29. The molecule has 0 saturated heterocycles. The smallest absolute Gasteiger partial charge is 0.335 e. The van der Waals surface area contributed by atoms with Gasteiger partial charge in [-0.2, -0.15) is 5.10 Å². The predicted octanol–water partition coefficient (Wildman–Crippen LogP) is 2.66. The van der Waals surface area contributed by atoms with Gasteiger partial charge in [-0.3, -0.25) is 4.79 Å². The lowest BCUT2D eigenvalue weighted by molar-refractivity contribution is -0.114. The van der Waals surface area contributed by atoms with Crippen molar-refractivity contribution in [2.45, 2.75) is 6.92 Å². The Bertz CT molecular complexity index is 866. The molecule has 3 aromatic rings. The molecular formula is C16H13N3O3. The fraction of sp³-hybridized carbons (Fsp3) is 0.0625. The normalized spacial score (nSPS) is 10.6. The van der Waals surface area contributed by atoms with Gasteiger partial charge in [0.2, 0.25) is 5.91 Å². The topological polar surface area (TPSA) is 83.7 Å². The van der Waals surface area contributed by atoms with Crippen LogP contribution < -0.4 is 5.32 Å². The summed E-state index contributed by atoms with van der Waals surface area (Å²) in [5.74, 6) is -0.667. The number of benzene rings is 1. The summed E-state index contributed by atoms with van der Waals surface area (Å²) in [5.41, 5.74) is 2.85. The Balaban J connectivity index is 2.08. The number of carbonyl (C=O) groups is 2. The highest BCUT2D eigenvalue weighted by molar-refractivity contribution is 5.91. The number of nitrogens with zero attached hydrogens (tertiary/aromatic N) is 2. The van der Waals surface area contributed by atoms with Gasteiger partial charge < -0.3 is 10.4 Å². The molecule has 6 heteroatoms. The summed E-state index contributed by atoms with van der Waals surface area (Å²) >= 11 is 0. The minimum absolute atomic E-state index is 0.184. The molecule has 0 unspecified atom stereocenters. The van der Waals surface area contributed by atoms with Gasteiger partial charge in [0.1, 0.15) is 0 Å². The number of anilines is 1. The number of amides is 1. The van der Waals surface area contributed by atoms with Gasteiger partial charge in [-0.1, -0.05) is 18.2 Å². The van der Waals surface area contributed by atoms with E-state index in [2.05, 4.69) is 10.4 Å². The second kappa shape index (κ2) is 5.33. The van der Waals surface area contributed by atoms with Gasteiger partial charge >= 0.3 is 5.97 Å². The van der Waals surface area contributed by atoms with Crippen LogP contribution in [0.3, 0.4) is 0 Å². The monoisotopic (exact) mass is 295 g/mol. The van der Waals surface area contributed by atoms with E-state index in [1.807, 2.05) is 12.1 Å². The van der Waals surface area contributed by atoms with Crippen molar-refractivity contribution < 1.29 is 14.7 Å². The Hall–Kier alpha value is -3.15. The van der Waals surface area contributed by atoms with E-state index >= 15 is 0 Å². The number of carboxylic acids is 1. The number of fused-ring (bicyclic) bond motifs is 1. The summed E-state index contributed by atoms with van der Waals surface area (Å²) in [5, 5.41) is 15.9. The largest absolute Gasteiger partial charge is 0.478 e. The van der Waals surface area contributed by atoms with Crippen molar-refractivity contribution in [1.82, 2.24) is 9.61 Å². The summed E-state index contributed by atoms with van der Waals surface area (Å²) in [7, 11) is 0. The van der Waals surface area contributed by atoms with Gasteiger partial charge in [0, 0.05) is 24.8 Å². The van der Waals surface area contributed by atoms with Gasteiger partial charge in [-0.25, -0.2) is 9.31 Å². The highest BCUT2D eigenvalue weighted by Crippen LogP contribution is 2.26. The number of hydrogen-bond donors (Lipinski definition) is 2. The molecule has 0 radical (unpaired) electrons. The van der Waals surface area contributed by atoms with E-state index in [1.165, 1.54) is 6.92 Å². The summed E-state index contributed by atoms with van der Waals surface area (Å²) in [4.78, 5) is 22.0. The predicted molar refractivity (Wildman–Crippen MR) is 81.9 cm³/mol. The molecule has 0 saturated carbocycles. The molecule has 110 valence electrons. The zero-order valence-electron chi connectivity index (χ0n) is 11.8. The van der Waals surface area contributed by atoms with Crippen molar-refractivity contribution in [2.75, 3.05) is 5.32 Å². The average Bonchev–Trinajstić information content (AvgIpc) is 2.88. The number of aromatic nitrogens is 2. The maximum absolute atomic E-state index is 11.1. The minimum Gasteiger partial charge on any atom is -0.478 e. The van der Waals surface area contributed by atoms with E-state index in [-0.39, 0.29) is 11.5 Å². The number of pyridine rings is 1. The van der Waals surface area contributed by atoms with E-state index in [0.29, 0.717) is 5.82 Å². The first-order valence-corrected chi connectivity index (χ1v) is 6.64. The zero-order valence-corrected chi connectivity index (χ0v) is 11.8. The third kappa shape index (κ3) is 2.54. The van der Waals surface area contributed by atoms with E-state index in [1.54, 1.807) is 41.0 Å². The van der Waals surface area contributed by atoms with Crippen molar-refractivity contribution in [3.05, 3.63) is 54.2 Å². The summed E-state index contributed by atoms with van der Waals surface area (Å²) < 4.78 is 1.67. The molecule has 1 aromatic carbocycles. The van der Waals surface area contributed by atoms with Crippen LogP contribution in [0.1, 0.15) is 17.3 Å². The van der Waals surface area contributed by atoms with Crippen LogP contribution in [0, 0.1) is 0 Å². The fourth-order valence-electron chi connectivity index (χ4n) is 2.29. The average molecular weight is 295 g/mol. The molecule has 0 aliphatic carbocycles. The minimum atomic E-state index is -0.956. The van der Waals surface area contributed by atoms with Gasteiger partial charge in [-0.05, 0) is 23.8 Å². The number of rotatable bonds is 3. The molecule has 6 nitrogen and oxygen atoms in total. The van der Waals surface area contributed by atoms with Crippen molar-refractivity contribution in [3.63, 3.8) is 0 Å². The summed E-state index contributed by atoms with van der Waals surface area (Å²) in [6, 6.07) is 12.2. The molecular weight excluding hydrogens is 282 g/mol. The summed E-state index contributed by atoms with van der Waals surface area (Å²) in [6.45, 7) is 1.43. The Morgan fingerprint density at radius 3 is 2.55 bits per heavy atom. The van der Waals surface area contributed by atoms with Crippen LogP contribution in [0.2, 0.25) is 0 Å². The lowest BCUT2D eigenvalue weighted by atomic mass is 10.0. The van der Waals surface area contributed by atoms with Gasteiger partial charge in [0.25, 0.3) is 0 Å². The van der Waals surface area contributed by atoms with Gasteiger partial charge in [0.15, 0.2) is 5.82 Å². The Kier molecular flexibility index (Phi) is 3.34. The molecule has 2 N–H and O–H groups in total. The van der Waals surface area contributed by atoms with Crippen molar-refractivity contribution in [2.24, 2.45) is 0 Å². The Labute approximate surface area is 126 Å². The van der Waals surface area contributed by atoms with Crippen LogP contribution in [0.5, 0.6) is 0 Å². The van der Waals surface area contributed by atoms with Crippen LogP contribution in [0.15, 0.2) is 48.7 Å². The standard InChI is InChI=1S/C16H13N3O3/c1-10(20)17-15-9-14-13(3-2-8-19(14)18-15)11-4-6-12(7-5-11)16(21)22/h2-9H,1H3,(H,21,22)(H,17,18,20). The molecule has 0 bridgehead atoms. The molecule has 0 atom stereocenters. The van der Waals surface area contributed by atoms with Gasteiger partial charge in [-0.15, -0.1) is 0 Å². The number of hydrogen-bond acceptors (Lipinski definition) is 3. The molecule has 0 spiro atoms. The van der Waals surface area contributed by atoms with Crippen LogP contribution >= 0.6 is 0 Å². The first kappa shape index (κ1) is 13.8. The van der Waals surface area contributed by atoms with Crippen LogP contribution in [-0.4, -0.2) is 26.6 Å². The molecule has 0 aliphatic rings. The van der Waals surface area contributed by atoms with E-state index in [4.69, 9.17) is 5.11 Å². The molecule has 1 amide bonds. The molecule has 2 aromatic heterocycles. The number of aromatic carboxylic acids is 1. The zero-order chi connectivity index (χ0) is 15.7. The van der Waals surface area contributed by atoms with E-state index in [0.717, 1.165) is 16.6 Å². The van der Waals surface area contributed by atoms with Crippen LogP contribution in [0.4, 0.5) is 5.82 Å². The quantitative estimate of drug-likeness (QED) is 0.778. The molecule has 0 fully saturated rings. The lowest BCUT2D eigenvalue weighted by Gasteiger charge is -2.04. The number of carbonyl (C=O) groups excluding carboxylic acids is 1. The van der Waals surface area contributed by atoms with Gasteiger partial charge in [0.05, 0.1) is 11.1 Å². The van der Waals surface area contributed by atoms with Crippen LogP contribution in [-0.2, 0) is 4.79 Å². The van der Waals surface area contributed by atoms with E-state index < -0.39 is 5.97 Å². The highest BCUT2D eigenvalue weighted by atomic mass is 16.4. The maximum Gasteiger partial charge on any atom is 0.335 e. The Morgan fingerprint density at radius 1 is 1.18 bits per heavy atom. The third-order valence-electron chi connectivity index (χ3n) is 3.25. The van der Waals surface area contributed by atoms with Crippen molar-refractivity contribution >= 4 is 23.2 Å². The van der Waals surface area contributed by atoms with Crippen molar-refractivity contribution in [3.8, 4) is 11.1 Å². The second-order valence-electron chi connectivity index (χ2n) is 4.84. The SMILES string of the molecule is CC(=O)Nc1cc2c(-c3ccc(C(=O)O)cc3)cccn2n1. The van der Waals surface area contributed by atoms with Crippen molar-refractivity contribution in [1.29, 1.82) is 0 Å². The third-order valence-corrected chi connectivity index (χ3v) is 3.25. The molecule has 3 rings (SSSR count).